The van der Waals surface area contributed by atoms with Crippen molar-refractivity contribution in [1.82, 2.24) is 14.7 Å². The van der Waals surface area contributed by atoms with Gasteiger partial charge in [-0.3, -0.25) is 9.28 Å². The molecule has 7 heteroatoms. The van der Waals surface area contributed by atoms with E-state index < -0.39 is 0 Å². The van der Waals surface area contributed by atoms with Crippen LogP contribution in [-0.4, -0.2) is 80.7 Å². The van der Waals surface area contributed by atoms with Gasteiger partial charge in [-0.05, 0) is 18.2 Å². The van der Waals surface area contributed by atoms with Crippen LogP contribution in [0.25, 0.3) is 0 Å². The zero-order chi connectivity index (χ0) is 14.4. The highest BCUT2D eigenvalue weighted by molar-refractivity contribution is 5.97. The first-order chi connectivity index (χ1) is 10.0. The number of carbonyl (C=O) groups excluding carboxylic acids is 1. The number of carbonyl (C=O) groups is 1. The van der Waals surface area contributed by atoms with Crippen LogP contribution in [0.15, 0.2) is 18.2 Å². The Morgan fingerprint density at radius 3 is 2.76 bits per heavy atom. The third kappa shape index (κ3) is 1.18. The van der Waals surface area contributed by atoms with E-state index in [1.165, 1.54) is 12.1 Å². The predicted molar refractivity (Wildman–Crippen MR) is 71.8 cm³/mol. The van der Waals surface area contributed by atoms with Crippen LogP contribution >= 0.6 is 0 Å². The van der Waals surface area contributed by atoms with E-state index >= 15 is 0 Å². The summed E-state index contributed by atoms with van der Waals surface area (Å²) in [7, 11) is 0. The number of hydrogen-bond donors (Lipinski definition) is 2. The first-order valence-electron chi connectivity index (χ1n) is 7.18. The van der Waals surface area contributed by atoms with Crippen molar-refractivity contribution in [3.8, 4) is 11.5 Å². The van der Waals surface area contributed by atoms with Crippen molar-refractivity contribution in [2.24, 2.45) is 0 Å². The van der Waals surface area contributed by atoms with Crippen LogP contribution in [0, 0.1) is 0 Å². The summed E-state index contributed by atoms with van der Waals surface area (Å²) >= 11 is 0. The molecule has 4 fully saturated rings. The van der Waals surface area contributed by atoms with Crippen molar-refractivity contribution < 1.29 is 19.5 Å². The lowest BCUT2D eigenvalue weighted by molar-refractivity contribution is -1.07. The highest BCUT2D eigenvalue weighted by atomic mass is 16.3. The van der Waals surface area contributed by atoms with Gasteiger partial charge in [0.15, 0.2) is 11.5 Å². The minimum atomic E-state index is -0.235. The summed E-state index contributed by atoms with van der Waals surface area (Å²) in [5, 5.41) is 18.9. The molecule has 1 spiro atoms. The fraction of sp³-hybridized carbons (Fsp3) is 0.500. The molecular formula is C14H17N4O3+. The van der Waals surface area contributed by atoms with Crippen molar-refractivity contribution in [2.75, 3.05) is 39.8 Å². The summed E-state index contributed by atoms with van der Waals surface area (Å²) < 4.78 is 0.799. The van der Waals surface area contributed by atoms with Gasteiger partial charge in [-0.1, -0.05) is 0 Å². The maximum Gasteiger partial charge on any atom is 0.238 e. The highest BCUT2D eigenvalue weighted by Crippen LogP contribution is 2.57. The molecule has 21 heavy (non-hydrogen) atoms. The van der Waals surface area contributed by atoms with E-state index in [9.17, 15) is 15.0 Å². The largest absolute Gasteiger partial charge is 0.504 e. The second-order valence-electron chi connectivity index (χ2n) is 6.68. The summed E-state index contributed by atoms with van der Waals surface area (Å²) in [6.45, 7) is 5.38. The number of aromatic hydroxyl groups is 2. The molecule has 5 rings (SSSR count). The molecule has 7 nitrogen and oxygen atoms in total. The van der Waals surface area contributed by atoms with Gasteiger partial charge in [0.1, 0.15) is 19.9 Å². The highest BCUT2D eigenvalue weighted by Gasteiger charge is 2.82. The van der Waals surface area contributed by atoms with Crippen molar-refractivity contribution in [1.29, 1.82) is 0 Å². The number of rotatable bonds is 3. The van der Waals surface area contributed by atoms with Crippen LogP contribution in [-0.2, 0) is 0 Å². The average molecular weight is 289 g/mol. The van der Waals surface area contributed by atoms with Gasteiger partial charge < -0.3 is 10.2 Å². The molecule has 0 aliphatic carbocycles. The number of Topliss-reactive ketones (excluding diaryl/α,β-unsaturated/α-hetero) is 1. The summed E-state index contributed by atoms with van der Waals surface area (Å²) in [6.07, 6.45) is 0. The lowest BCUT2D eigenvalue weighted by Crippen LogP contribution is -2.96. The first kappa shape index (κ1) is 11.9. The average Bonchev–Trinajstić information content (AvgIpc) is 2.90. The maximum atomic E-state index is 12.6. The predicted octanol–water partition coefficient (Wildman–Crippen LogP) is -0.458. The quantitative estimate of drug-likeness (QED) is 0.446. The SMILES string of the molecule is O=C(C[N+]12CN3CN4CN(C1)C42C3)c1ccc(O)c(O)c1. The third-order valence-electron chi connectivity index (χ3n) is 5.58. The molecule has 3 unspecified atom stereocenters. The standard InChI is InChI=1S/C14H16N4O3/c19-11-2-1-10(3-12(11)20)13(21)4-18-8-15-5-14(18)16(6-15)7-17(14)9-18/h1-3H,4-9H2,(H-,19,20,21)/p+1. The molecular weight excluding hydrogens is 272 g/mol. The van der Waals surface area contributed by atoms with Gasteiger partial charge in [0, 0.05) is 5.56 Å². The second kappa shape index (κ2) is 3.38. The number of fused-ring (bicyclic) bond motifs is 1. The molecule has 110 valence electrons. The molecule has 1 aromatic carbocycles. The van der Waals surface area contributed by atoms with Gasteiger partial charge >= 0.3 is 0 Å². The van der Waals surface area contributed by atoms with Crippen molar-refractivity contribution in [3.63, 3.8) is 0 Å². The molecule has 4 aliphatic rings. The van der Waals surface area contributed by atoms with Gasteiger partial charge in [0.2, 0.25) is 11.6 Å². The number of nitrogens with zero attached hydrogens (tertiary/aromatic N) is 4. The number of phenolic OH excluding ortho intramolecular Hbond substituents is 2. The van der Waals surface area contributed by atoms with Crippen molar-refractivity contribution in [2.45, 2.75) is 5.79 Å². The number of hydrogen-bond acceptors (Lipinski definition) is 6. The Labute approximate surface area is 121 Å². The summed E-state index contributed by atoms with van der Waals surface area (Å²) in [6, 6.07) is 4.31. The molecule has 2 N–H and O–H groups in total. The molecule has 4 saturated heterocycles. The molecule has 0 radical (unpaired) electrons. The summed E-state index contributed by atoms with van der Waals surface area (Å²) in [4.78, 5) is 19.9. The molecule has 0 saturated carbocycles. The lowest BCUT2D eigenvalue weighted by Gasteiger charge is -2.72. The fourth-order valence-electron chi connectivity index (χ4n) is 4.70. The second-order valence-corrected chi connectivity index (χ2v) is 6.68. The Morgan fingerprint density at radius 1 is 1.19 bits per heavy atom. The van der Waals surface area contributed by atoms with E-state index in [1.807, 2.05) is 0 Å². The lowest BCUT2D eigenvalue weighted by atomic mass is 10.00. The Balaban J connectivity index is 1.43. The van der Waals surface area contributed by atoms with Gasteiger partial charge in [-0.25, -0.2) is 9.80 Å². The molecule has 3 atom stereocenters. The van der Waals surface area contributed by atoms with Crippen LogP contribution in [0.1, 0.15) is 10.4 Å². The molecule has 0 aromatic heterocycles. The van der Waals surface area contributed by atoms with E-state index in [0.29, 0.717) is 12.1 Å². The first-order valence-corrected chi connectivity index (χ1v) is 7.18. The van der Waals surface area contributed by atoms with Crippen molar-refractivity contribution >= 4 is 5.78 Å². The third-order valence-corrected chi connectivity index (χ3v) is 5.58. The molecule has 4 heterocycles. The minimum absolute atomic E-state index is 0.0277. The maximum absolute atomic E-state index is 12.6. The number of phenols is 2. The van der Waals surface area contributed by atoms with Gasteiger partial charge in [-0.15, -0.1) is 0 Å². The van der Waals surface area contributed by atoms with E-state index in [-0.39, 0.29) is 23.1 Å². The van der Waals surface area contributed by atoms with Crippen LogP contribution < -0.4 is 0 Å². The zero-order valence-electron chi connectivity index (χ0n) is 11.6. The van der Waals surface area contributed by atoms with Crippen LogP contribution in [0.5, 0.6) is 11.5 Å². The van der Waals surface area contributed by atoms with Crippen LogP contribution in [0.4, 0.5) is 0 Å². The Kier molecular flexibility index (Phi) is 1.92. The zero-order valence-corrected chi connectivity index (χ0v) is 11.6. The Morgan fingerprint density at radius 2 is 2.05 bits per heavy atom. The van der Waals surface area contributed by atoms with E-state index in [4.69, 9.17) is 0 Å². The Hall–Kier alpha value is -1.67. The monoisotopic (exact) mass is 289 g/mol. The topological polar surface area (TPSA) is 67.3 Å². The van der Waals surface area contributed by atoms with Gasteiger partial charge in [0.05, 0.1) is 19.9 Å². The van der Waals surface area contributed by atoms with Crippen LogP contribution in [0.3, 0.4) is 0 Å². The fourth-order valence-corrected chi connectivity index (χ4v) is 4.70. The van der Waals surface area contributed by atoms with E-state index in [0.717, 1.165) is 37.7 Å². The normalized spacial score (nSPS) is 39.7. The molecule has 2 bridgehead atoms. The van der Waals surface area contributed by atoms with Crippen molar-refractivity contribution in [3.05, 3.63) is 23.8 Å². The van der Waals surface area contributed by atoms with E-state index in [1.54, 1.807) is 6.07 Å². The van der Waals surface area contributed by atoms with Crippen LogP contribution in [0.2, 0.25) is 0 Å². The molecule has 4 aliphatic heterocycles. The smallest absolute Gasteiger partial charge is 0.238 e. The minimum Gasteiger partial charge on any atom is -0.504 e. The van der Waals surface area contributed by atoms with Gasteiger partial charge in [0.25, 0.3) is 0 Å². The van der Waals surface area contributed by atoms with E-state index in [2.05, 4.69) is 14.7 Å². The summed E-state index contributed by atoms with van der Waals surface area (Å²) in [5.74, 6) is -0.348. The molecule has 1 aromatic rings. The van der Waals surface area contributed by atoms with Gasteiger partial charge in [-0.2, -0.15) is 4.90 Å². The number of benzene rings is 1. The Bertz CT molecular complexity index is 680. The number of quaternary nitrogens is 1. The number of ketones is 1. The molecule has 0 amide bonds. The summed E-state index contributed by atoms with van der Waals surface area (Å²) in [5.41, 5.74) is 0.469.